The van der Waals surface area contributed by atoms with E-state index in [4.69, 9.17) is 9.05 Å². The Hall–Kier alpha value is -1.76. The Morgan fingerprint density at radius 1 is 1.25 bits per heavy atom. The fraction of sp³-hybridized carbons (Fsp3) is 0.364. The molecule has 0 saturated carbocycles. The summed E-state index contributed by atoms with van der Waals surface area (Å²) in [5.41, 5.74) is 0.0557. The third kappa shape index (κ3) is 3.63. The number of pyridine rings is 1. The van der Waals surface area contributed by atoms with Gasteiger partial charge in [0.1, 0.15) is 5.69 Å². The van der Waals surface area contributed by atoms with E-state index >= 15 is 0 Å². The average molecular weight is 302 g/mol. The molecule has 1 aromatic rings. The van der Waals surface area contributed by atoms with Gasteiger partial charge in [-0.1, -0.05) is 6.07 Å². The summed E-state index contributed by atoms with van der Waals surface area (Å²) in [4.78, 5) is 27.4. The minimum Gasteiger partial charge on any atom is -0.467 e. The van der Waals surface area contributed by atoms with E-state index in [0.717, 1.165) is 21.3 Å². The molecule has 0 aromatic carbocycles. The molecule has 1 N–H and O–H groups in total. The van der Waals surface area contributed by atoms with Gasteiger partial charge in [0.25, 0.3) is 5.91 Å². The van der Waals surface area contributed by atoms with Crippen molar-refractivity contribution in [1.82, 2.24) is 10.3 Å². The summed E-state index contributed by atoms with van der Waals surface area (Å²) in [7, 11) is -0.569. The van der Waals surface area contributed by atoms with Gasteiger partial charge < -0.3 is 19.1 Å². The first-order valence-corrected chi connectivity index (χ1v) is 7.10. The standard InChI is InChI=1S/C11H15N2O6P/c1-17-11(15)10(20(16,18-2)19-3)13-9(14)8-6-4-5-7-12-8/h4-7,10H,1-3H3,(H,13,14). The van der Waals surface area contributed by atoms with Gasteiger partial charge in [-0.3, -0.25) is 14.3 Å². The van der Waals surface area contributed by atoms with Gasteiger partial charge in [0.2, 0.25) is 5.78 Å². The van der Waals surface area contributed by atoms with Gasteiger partial charge in [-0.25, -0.2) is 4.79 Å². The SMILES string of the molecule is COC(=O)C(NC(=O)c1ccccn1)P(=O)(OC)OC. The Kier molecular flexibility index (Phi) is 5.82. The maximum atomic E-state index is 12.2. The number of aromatic nitrogens is 1. The molecule has 0 radical (unpaired) electrons. The summed E-state index contributed by atoms with van der Waals surface area (Å²) in [6.07, 6.45) is 1.41. The summed E-state index contributed by atoms with van der Waals surface area (Å²) < 4.78 is 26.1. The van der Waals surface area contributed by atoms with E-state index in [0.29, 0.717) is 0 Å². The lowest BCUT2D eigenvalue weighted by atomic mass is 10.3. The summed E-state index contributed by atoms with van der Waals surface area (Å²) in [5.74, 6) is -3.21. The lowest BCUT2D eigenvalue weighted by Gasteiger charge is -2.22. The molecular weight excluding hydrogens is 287 g/mol. The number of esters is 1. The number of carbonyl (C=O) groups excluding carboxylic acids is 2. The van der Waals surface area contributed by atoms with E-state index < -0.39 is 25.3 Å². The van der Waals surface area contributed by atoms with Crippen molar-refractivity contribution in [1.29, 1.82) is 0 Å². The molecule has 0 bridgehead atoms. The number of hydrogen-bond acceptors (Lipinski definition) is 7. The number of nitrogens with zero attached hydrogens (tertiary/aromatic N) is 1. The first-order chi connectivity index (χ1) is 9.48. The molecule has 1 aromatic heterocycles. The Balaban J connectivity index is 3.00. The van der Waals surface area contributed by atoms with Crippen LogP contribution in [-0.2, 0) is 23.1 Å². The number of ether oxygens (including phenoxy) is 1. The third-order valence-corrected chi connectivity index (χ3v) is 4.41. The zero-order valence-electron chi connectivity index (χ0n) is 11.2. The molecule has 1 heterocycles. The van der Waals surface area contributed by atoms with Crippen LogP contribution in [0.2, 0.25) is 0 Å². The molecule has 0 aliphatic carbocycles. The van der Waals surface area contributed by atoms with E-state index in [-0.39, 0.29) is 5.69 Å². The van der Waals surface area contributed by atoms with Crippen LogP contribution in [0, 0.1) is 0 Å². The molecule has 0 aliphatic rings. The van der Waals surface area contributed by atoms with E-state index in [9.17, 15) is 14.2 Å². The number of methoxy groups -OCH3 is 1. The topological polar surface area (TPSA) is 104 Å². The first-order valence-electron chi connectivity index (χ1n) is 5.49. The van der Waals surface area contributed by atoms with Crippen LogP contribution in [0.3, 0.4) is 0 Å². The molecule has 0 aliphatic heterocycles. The van der Waals surface area contributed by atoms with Crippen molar-refractivity contribution in [2.24, 2.45) is 0 Å². The molecule has 1 amide bonds. The molecule has 1 rings (SSSR count). The minimum atomic E-state index is -3.87. The number of hydrogen-bond donors (Lipinski definition) is 1. The second-order valence-electron chi connectivity index (χ2n) is 3.52. The lowest BCUT2D eigenvalue weighted by Crippen LogP contribution is -2.42. The molecule has 8 nitrogen and oxygen atoms in total. The second kappa shape index (κ2) is 7.14. The van der Waals surface area contributed by atoms with Crippen LogP contribution in [0.5, 0.6) is 0 Å². The van der Waals surface area contributed by atoms with Crippen molar-refractivity contribution in [3.8, 4) is 0 Å². The predicted molar refractivity (Wildman–Crippen MR) is 69.1 cm³/mol. The fourth-order valence-corrected chi connectivity index (χ4v) is 2.57. The number of rotatable bonds is 6. The van der Waals surface area contributed by atoms with Crippen LogP contribution >= 0.6 is 7.60 Å². The molecular formula is C11H15N2O6P. The molecule has 20 heavy (non-hydrogen) atoms. The fourth-order valence-electron chi connectivity index (χ4n) is 1.36. The van der Waals surface area contributed by atoms with Crippen molar-refractivity contribution < 1.29 is 27.9 Å². The Labute approximate surface area is 116 Å². The molecule has 0 fully saturated rings. The van der Waals surface area contributed by atoms with Crippen LogP contribution in [-0.4, -0.2) is 44.0 Å². The van der Waals surface area contributed by atoms with E-state index in [1.54, 1.807) is 12.1 Å². The average Bonchev–Trinajstić information content (AvgIpc) is 2.51. The van der Waals surface area contributed by atoms with E-state index in [1.807, 2.05) is 0 Å². The van der Waals surface area contributed by atoms with Crippen molar-refractivity contribution in [2.45, 2.75) is 5.78 Å². The second-order valence-corrected chi connectivity index (χ2v) is 5.85. The van der Waals surface area contributed by atoms with Gasteiger partial charge in [-0.05, 0) is 12.1 Å². The maximum absolute atomic E-state index is 12.2. The summed E-state index contributed by atoms with van der Waals surface area (Å²) in [6.45, 7) is 0. The van der Waals surface area contributed by atoms with Crippen molar-refractivity contribution >= 4 is 19.5 Å². The van der Waals surface area contributed by atoms with Crippen molar-refractivity contribution in [3.05, 3.63) is 30.1 Å². The minimum absolute atomic E-state index is 0.0557. The Morgan fingerprint density at radius 3 is 2.35 bits per heavy atom. The Morgan fingerprint density at radius 2 is 1.90 bits per heavy atom. The molecule has 0 spiro atoms. The monoisotopic (exact) mass is 302 g/mol. The first kappa shape index (κ1) is 16.3. The van der Waals surface area contributed by atoms with Crippen molar-refractivity contribution in [2.75, 3.05) is 21.3 Å². The predicted octanol–water partition coefficient (Wildman–Crippen LogP) is 0.796. The van der Waals surface area contributed by atoms with E-state index in [1.165, 1.54) is 12.3 Å². The zero-order valence-corrected chi connectivity index (χ0v) is 12.1. The normalized spacial score (nSPS) is 12.6. The van der Waals surface area contributed by atoms with Gasteiger partial charge in [0, 0.05) is 20.4 Å². The highest BCUT2D eigenvalue weighted by Gasteiger charge is 2.42. The Bertz CT molecular complexity index is 513. The summed E-state index contributed by atoms with van der Waals surface area (Å²) >= 11 is 0. The highest BCUT2D eigenvalue weighted by atomic mass is 31.2. The number of carbonyl (C=O) groups is 2. The molecule has 110 valence electrons. The van der Waals surface area contributed by atoms with Crippen LogP contribution in [0.4, 0.5) is 0 Å². The summed E-state index contributed by atoms with van der Waals surface area (Å²) in [6, 6.07) is 4.67. The molecule has 1 atom stereocenters. The summed E-state index contributed by atoms with van der Waals surface area (Å²) in [5, 5.41) is 2.24. The zero-order chi connectivity index (χ0) is 15.2. The third-order valence-electron chi connectivity index (χ3n) is 2.41. The van der Waals surface area contributed by atoms with E-state index in [2.05, 4.69) is 15.0 Å². The molecule has 9 heteroatoms. The van der Waals surface area contributed by atoms with Gasteiger partial charge in [0.05, 0.1) is 7.11 Å². The van der Waals surface area contributed by atoms with Crippen LogP contribution < -0.4 is 5.32 Å². The van der Waals surface area contributed by atoms with Crippen molar-refractivity contribution in [3.63, 3.8) is 0 Å². The quantitative estimate of drug-likeness (QED) is 0.612. The van der Waals surface area contributed by atoms with Crippen LogP contribution in [0.15, 0.2) is 24.4 Å². The van der Waals surface area contributed by atoms with Crippen LogP contribution in [0.25, 0.3) is 0 Å². The highest BCUT2D eigenvalue weighted by Crippen LogP contribution is 2.50. The molecule has 0 saturated heterocycles. The highest BCUT2D eigenvalue weighted by molar-refractivity contribution is 7.55. The van der Waals surface area contributed by atoms with Crippen LogP contribution in [0.1, 0.15) is 10.5 Å². The number of amides is 1. The smallest absolute Gasteiger partial charge is 0.363 e. The van der Waals surface area contributed by atoms with Gasteiger partial charge in [-0.2, -0.15) is 0 Å². The van der Waals surface area contributed by atoms with Gasteiger partial charge >= 0.3 is 13.6 Å². The lowest BCUT2D eigenvalue weighted by molar-refractivity contribution is -0.141. The van der Waals surface area contributed by atoms with Gasteiger partial charge in [-0.15, -0.1) is 0 Å². The van der Waals surface area contributed by atoms with Gasteiger partial charge in [0.15, 0.2) is 0 Å². The molecule has 1 unspecified atom stereocenters. The number of nitrogens with one attached hydrogen (secondary N) is 1. The maximum Gasteiger partial charge on any atom is 0.363 e. The largest absolute Gasteiger partial charge is 0.467 e.